The molecule has 0 fully saturated rings. The predicted molar refractivity (Wildman–Crippen MR) is 46.4 cm³/mol. The van der Waals surface area contributed by atoms with Gasteiger partial charge in [-0.2, -0.15) is 0 Å². The van der Waals surface area contributed by atoms with Gasteiger partial charge in [0.15, 0.2) is 0 Å². The number of hydrogen-bond acceptors (Lipinski definition) is 3. The third-order valence-electron chi connectivity index (χ3n) is 1.65. The summed E-state index contributed by atoms with van der Waals surface area (Å²) in [5, 5.41) is 14.8. The van der Waals surface area contributed by atoms with Gasteiger partial charge in [0.25, 0.3) is 5.69 Å². The van der Waals surface area contributed by atoms with E-state index in [2.05, 4.69) is 10.1 Å². The molecule has 0 bridgehead atoms. The van der Waals surface area contributed by atoms with Gasteiger partial charge in [-0.3, -0.25) is 0 Å². The second-order valence-corrected chi connectivity index (χ2v) is 2.50. The maximum Gasteiger partial charge on any atom is 0.270 e. The highest BCUT2D eigenvalue weighted by atomic mass is 16.5. The van der Waals surface area contributed by atoms with Crippen molar-refractivity contribution in [3.8, 4) is 11.4 Å². The molecule has 0 N–H and O–H groups in total. The molecule has 0 aliphatic rings. The molecule has 0 radical (unpaired) electrons. The van der Waals surface area contributed by atoms with Crippen LogP contribution in [0.15, 0.2) is 42.7 Å². The Balaban J connectivity index is 2.54. The molecule has 0 saturated heterocycles. The summed E-state index contributed by atoms with van der Waals surface area (Å²) in [6.45, 7) is 0. The van der Waals surface area contributed by atoms with Gasteiger partial charge < -0.3 is 5.21 Å². The molecular weight excluding hydrogens is 166 g/mol. The third kappa shape index (κ3) is 1.46. The van der Waals surface area contributed by atoms with Crippen molar-refractivity contribution in [1.29, 1.82) is 0 Å². The Hall–Kier alpha value is -1.97. The smallest absolute Gasteiger partial charge is 0.270 e. The molecule has 4 nitrogen and oxygen atoms in total. The summed E-state index contributed by atoms with van der Waals surface area (Å²) in [6, 6.07) is 8.79. The van der Waals surface area contributed by atoms with Crippen molar-refractivity contribution in [2.24, 2.45) is 0 Å². The summed E-state index contributed by atoms with van der Waals surface area (Å²) in [5.74, 6) is 0. The van der Waals surface area contributed by atoms with E-state index in [4.69, 9.17) is 0 Å². The van der Waals surface area contributed by atoms with Crippen molar-refractivity contribution in [2.75, 3.05) is 0 Å². The van der Waals surface area contributed by atoms with Crippen molar-refractivity contribution < 1.29 is 4.85 Å². The van der Waals surface area contributed by atoms with Crippen LogP contribution < -0.4 is 4.85 Å². The first-order valence-corrected chi connectivity index (χ1v) is 3.84. The Morgan fingerprint density at radius 3 is 2.69 bits per heavy atom. The number of nitrogens with zero attached hydrogens (tertiary/aromatic N) is 3. The first-order valence-electron chi connectivity index (χ1n) is 3.84. The van der Waals surface area contributed by atoms with E-state index in [9.17, 15) is 5.21 Å². The fourth-order valence-corrected chi connectivity index (χ4v) is 1.06. The molecule has 0 atom stereocenters. The molecule has 0 aromatic carbocycles. The normalized spacial score (nSPS) is 9.85. The van der Waals surface area contributed by atoms with Gasteiger partial charge in [-0.15, -0.1) is 0 Å². The van der Waals surface area contributed by atoms with Crippen LogP contribution in [0.3, 0.4) is 0 Å². The summed E-state index contributed by atoms with van der Waals surface area (Å²) in [7, 11) is 0. The second kappa shape index (κ2) is 3.18. The maximum atomic E-state index is 11.2. The van der Waals surface area contributed by atoms with Crippen LogP contribution in [0.5, 0.6) is 0 Å². The van der Waals surface area contributed by atoms with Crippen molar-refractivity contribution in [1.82, 2.24) is 10.1 Å². The minimum atomic E-state index is 0.461. The van der Waals surface area contributed by atoms with Crippen LogP contribution in [0.4, 0.5) is 0 Å². The standard InChI is InChI=1S/C9H7N3O/c13-12-9(5-3-7-11-12)8-4-1-2-6-10-8/h1-7H. The first kappa shape index (κ1) is 7.67. The number of rotatable bonds is 1. The van der Waals surface area contributed by atoms with Crippen LogP contribution in [0, 0.1) is 5.21 Å². The zero-order chi connectivity index (χ0) is 9.10. The van der Waals surface area contributed by atoms with Crippen LogP contribution in [-0.4, -0.2) is 10.1 Å². The maximum absolute atomic E-state index is 11.2. The van der Waals surface area contributed by atoms with Crippen molar-refractivity contribution >= 4 is 0 Å². The first-order chi connectivity index (χ1) is 6.38. The molecule has 4 heteroatoms. The molecular formula is C9H7N3O. The molecule has 0 unspecified atom stereocenters. The summed E-state index contributed by atoms with van der Waals surface area (Å²) in [6.07, 6.45) is 3.09. The monoisotopic (exact) mass is 173 g/mol. The Kier molecular flexibility index (Phi) is 1.88. The average Bonchev–Trinajstić information content (AvgIpc) is 2.20. The minimum absolute atomic E-state index is 0.461. The van der Waals surface area contributed by atoms with Crippen LogP contribution in [0.1, 0.15) is 0 Å². The molecule has 2 aromatic rings. The lowest BCUT2D eigenvalue weighted by Crippen LogP contribution is -2.33. The van der Waals surface area contributed by atoms with Crippen LogP contribution in [-0.2, 0) is 0 Å². The lowest BCUT2D eigenvalue weighted by atomic mass is 10.2. The average molecular weight is 173 g/mol. The van der Waals surface area contributed by atoms with E-state index in [-0.39, 0.29) is 0 Å². The van der Waals surface area contributed by atoms with Crippen LogP contribution >= 0.6 is 0 Å². The zero-order valence-electron chi connectivity index (χ0n) is 6.79. The highest BCUT2D eigenvalue weighted by Crippen LogP contribution is 2.08. The summed E-state index contributed by atoms with van der Waals surface area (Å²) < 4.78 is 0. The Bertz CT molecular complexity index is 403. The van der Waals surface area contributed by atoms with E-state index in [1.54, 1.807) is 30.5 Å². The minimum Gasteiger partial charge on any atom is -0.594 e. The fourth-order valence-electron chi connectivity index (χ4n) is 1.06. The number of hydrogen-bond donors (Lipinski definition) is 0. The Morgan fingerprint density at radius 2 is 2.00 bits per heavy atom. The van der Waals surface area contributed by atoms with Gasteiger partial charge in [-0.25, -0.2) is 4.98 Å². The molecule has 2 aromatic heterocycles. The van der Waals surface area contributed by atoms with Crippen molar-refractivity contribution in [3.63, 3.8) is 0 Å². The van der Waals surface area contributed by atoms with E-state index < -0.39 is 0 Å². The van der Waals surface area contributed by atoms with Crippen LogP contribution in [0.25, 0.3) is 11.4 Å². The fraction of sp³-hybridized carbons (Fsp3) is 0. The molecule has 0 amide bonds. The van der Waals surface area contributed by atoms with E-state index in [1.165, 1.54) is 6.20 Å². The van der Waals surface area contributed by atoms with Crippen LogP contribution in [0.2, 0.25) is 0 Å². The van der Waals surface area contributed by atoms with Crippen molar-refractivity contribution in [2.45, 2.75) is 0 Å². The van der Waals surface area contributed by atoms with Gasteiger partial charge in [0.1, 0.15) is 5.69 Å². The van der Waals surface area contributed by atoms with Gasteiger partial charge in [0, 0.05) is 17.4 Å². The SMILES string of the molecule is [O-][n+]1ncccc1-c1ccccn1. The highest BCUT2D eigenvalue weighted by molar-refractivity contribution is 5.49. The summed E-state index contributed by atoms with van der Waals surface area (Å²) in [4.78, 5) is 4.61. The zero-order valence-corrected chi connectivity index (χ0v) is 6.79. The molecule has 0 aliphatic carbocycles. The molecule has 2 heterocycles. The summed E-state index contributed by atoms with van der Waals surface area (Å²) in [5.41, 5.74) is 1.09. The third-order valence-corrected chi connectivity index (χ3v) is 1.65. The van der Waals surface area contributed by atoms with E-state index in [0.717, 1.165) is 0 Å². The van der Waals surface area contributed by atoms with Gasteiger partial charge >= 0.3 is 0 Å². The molecule has 13 heavy (non-hydrogen) atoms. The Labute approximate surface area is 75.1 Å². The molecule has 0 aliphatic heterocycles. The van der Waals surface area contributed by atoms with E-state index >= 15 is 0 Å². The predicted octanol–water partition coefficient (Wildman–Crippen LogP) is 0.777. The molecule has 0 saturated carbocycles. The lowest BCUT2D eigenvalue weighted by molar-refractivity contribution is -0.658. The highest BCUT2D eigenvalue weighted by Gasteiger charge is 2.08. The molecule has 2 rings (SSSR count). The number of aromatic nitrogens is 3. The van der Waals surface area contributed by atoms with Gasteiger partial charge in [-0.1, -0.05) is 6.07 Å². The topological polar surface area (TPSA) is 52.7 Å². The number of pyridine rings is 1. The van der Waals surface area contributed by atoms with Gasteiger partial charge in [0.05, 0.1) is 6.20 Å². The molecule has 64 valence electrons. The largest absolute Gasteiger partial charge is 0.594 e. The van der Waals surface area contributed by atoms with Crippen molar-refractivity contribution in [3.05, 3.63) is 47.9 Å². The molecule has 0 spiro atoms. The Morgan fingerprint density at radius 1 is 1.08 bits per heavy atom. The quantitative estimate of drug-likeness (QED) is 0.473. The van der Waals surface area contributed by atoms with Gasteiger partial charge in [-0.05, 0) is 23.0 Å². The van der Waals surface area contributed by atoms with E-state index in [0.29, 0.717) is 16.2 Å². The summed E-state index contributed by atoms with van der Waals surface area (Å²) >= 11 is 0. The van der Waals surface area contributed by atoms with E-state index in [1.807, 2.05) is 6.07 Å². The van der Waals surface area contributed by atoms with Gasteiger partial charge in [0.2, 0.25) is 0 Å². The lowest BCUT2D eigenvalue weighted by Gasteiger charge is -1.98. The second-order valence-electron chi connectivity index (χ2n) is 2.50.